The Morgan fingerprint density at radius 1 is 1.04 bits per heavy atom. The summed E-state index contributed by atoms with van der Waals surface area (Å²) in [6.45, 7) is 7.62. The molecule has 0 aliphatic heterocycles. The number of rotatable bonds is 4. The number of aromatic nitrogens is 1. The number of benzene rings is 1. The lowest BCUT2D eigenvalue weighted by Crippen LogP contribution is -2.31. The quantitative estimate of drug-likeness (QED) is 0.911. The van der Waals surface area contributed by atoms with Gasteiger partial charge in [0.25, 0.3) is 11.8 Å². The van der Waals surface area contributed by atoms with Crippen molar-refractivity contribution >= 4 is 17.5 Å². The van der Waals surface area contributed by atoms with Crippen molar-refractivity contribution in [1.29, 1.82) is 0 Å². The highest BCUT2D eigenvalue weighted by Crippen LogP contribution is 2.20. The molecule has 2 amide bonds. The number of para-hydroxylation sites is 1. The van der Waals surface area contributed by atoms with Crippen molar-refractivity contribution in [2.75, 3.05) is 5.32 Å². The van der Waals surface area contributed by atoms with Crippen molar-refractivity contribution in [2.24, 2.45) is 0 Å². The van der Waals surface area contributed by atoms with Crippen molar-refractivity contribution in [3.63, 3.8) is 0 Å². The number of nitrogens with zero attached hydrogens (tertiary/aromatic N) is 1. The van der Waals surface area contributed by atoms with Crippen molar-refractivity contribution in [1.82, 2.24) is 10.3 Å². The van der Waals surface area contributed by atoms with Gasteiger partial charge in [0.2, 0.25) is 0 Å². The van der Waals surface area contributed by atoms with Crippen LogP contribution in [0.5, 0.6) is 0 Å². The number of pyridine rings is 1. The number of hydrogen-bond acceptors (Lipinski definition) is 3. The molecular formula is C18H21N3O2. The number of aryl methyl sites for hydroxylation is 2. The van der Waals surface area contributed by atoms with Gasteiger partial charge in [0.05, 0.1) is 0 Å². The van der Waals surface area contributed by atoms with Crippen LogP contribution in [0.15, 0.2) is 36.5 Å². The number of hydrogen-bond donors (Lipinski definition) is 2. The molecule has 1 aromatic carbocycles. The van der Waals surface area contributed by atoms with Crippen molar-refractivity contribution in [2.45, 2.75) is 33.7 Å². The highest BCUT2D eigenvalue weighted by molar-refractivity contribution is 6.06. The Morgan fingerprint density at radius 2 is 1.70 bits per heavy atom. The smallest absolute Gasteiger partial charge is 0.270 e. The minimum absolute atomic E-state index is 0.0106. The maximum absolute atomic E-state index is 12.4. The number of carbonyl (C=O) groups is 2. The summed E-state index contributed by atoms with van der Waals surface area (Å²) in [4.78, 5) is 28.5. The maximum atomic E-state index is 12.4. The SMILES string of the molecule is Cc1cccc(C)c1NC(=O)c1ccnc(C(=O)NC(C)C)c1. The molecule has 0 atom stereocenters. The number of nitrogens with one attached hydrogen (secondary N) is 2. The molecule has 0 aliphatic rings. The third-order valence-corrected chi connectivity index (χ3v) is 3.39. The third-order valence-electron chi connectivity index (χ3n) is 3.39. The Hall–Kier alpha value is -2.69. The van der Waals surface area contributed by atoms with Crippen LogP contribution in [-0.4, -0.2) is 22.8 Å². The van der Waals surface area contributed by atoms with Gasteiger partial charge in [-0.2, -0.15) is 0 Å². The number of anilines is 1. The maximum Gasteiger partial charge on any atom is 0.270 e. The van der Waals surface area contributed by atoms with Crippen LogP contribution in [0.3, 0.4) is 0 Å². The first-order chi connectivity index (χ1) is 10.9. The zero-order chi connectivity index (χ0) is 17.0. The minimum Gasteiger partial charge on any atom is -0.349 e. The predicted octanol–water partition coefficient (Wildman–Crippen LogP) is 3.09. The minimum atomic E-state index is -0.290. The molecule has 1 heterocycles. The van der Waals surface area contributed by atoms with Gasteiger partial charge in [-0.1, -0.05) is 18.2 Å². The summed E-state index contributed by atoms with van der Waals surface area (Å²) >= 11 is 0. The lowest BCUT2D eigenvalue weighted by molar-refractivity contribution is 0.0938. The zero-order valence-corrected chi connectivity index (χ0v) is 13.8. The second-order valence-corrected chi connectivity index (χ2v) is 5.78. The molecule has 2 N–H and O–H groups in total. The fraction of sp³-hybridized carbons (Fsp3) is 0.278. The summed E-state index contributed by atoms with van der Waals surface area (Å²) in [5.74, 6) is -0.551. The fourth-order valence-corrected chi connectivity index (χ4v) is 2.23. The van der Waals surface area contributed by atoms with E-state index in [1.165, 1.54) is 12.3 Å². The fourth-order valence-electron chi connectivity index (χ4n) is 2.23. The van der Waals surface area contributed by atoms with Gasteiger partial charge in [-0.3, -0.25) is 14.6 Å². The molecule has 0 saturated heterocycles. The normalized spacial score (nSPS) is 10.5. The monoisotopic (exact) mass is 311 g/mol. The van der Waals surface area contributed by atoms with Crippen LogP contribution in [0.25, 0.3) is 0 Å². The Bertz CT molecular complexity index is 719. The molecule has 120 valence electrons. The first-order valence-corrected chi connectivity index (χ1v) is 7.53. The molecule has 0 aliphatic carbocycles. The van der Waals surface area contributed by atoms with Gasteiger partial charge >= 0.3 is 0 Å². The van der Waals surface area contributed by atoms with E-state index in [0.717, 1.165) is 16.8 Å². The van der Waals surface area contributed by atoms with Gasteiger partial charge < -0.3 is 10.6 Å². The molecule has 0 spiro atoms. The first-order valence-electron chi connectivity index (χ1n) is 7.53. The van der Waals surface area contributed by atoms with E-state index in [-0.39, 0.29) is 23.6 Å². The van der Waals surface area contributed by atoms with Crippen LogP contribution in [0, 0.1) is 13.8 Å². The summed E-state index contributed by atoms with van der Waals surface area (Å²) in [5, 5.41) is 5.66. The van der Waals surface area contributed by atoms with Crippen LogP contribution >= 0.6 is 0 Å². The molecule has 2 rings (SSSR count). The summed E-state index contributed by atoms with van der Waals surface area (Å²) in [7, 11) is 0. The van der Waals surface area contributed by atoms with E-state index in [2.05, 4.69) is 15.6 Å². The lowest BCUT2D eigenvalue weighted by Gasteiger charge is -2.12. The average molecular weight is 311 g/mol. The average Bonchev–Trinajstić information content (AvgIpc) is 2.50. The van der Waals surface area contributed by atoms with Crippen molar-refractivity contribution in [3.8, 4) is 0 Å². The topological polar surface area (TPSA) is 71.1 Å². The molecular weight excluding hydrogens is 290 g/mol. The van der Waals surface area contributed by atoms with E-state index < -0.39 is 0 Å². The Morgan fingerprint density at radius 3 is 2.30 bits per heavy atom. The Kier molecular flexibility index (Phi) is 5.11. The highest BCUT2D eigenvalue weighted by atomic mass is 16.2. The van der Waals surface area contributed by atoms with Crippen LogP contribution in [0.4, 0.5) is 5.69 Å². The van der Waals surface area contributed by atoms with E-state index in [1.54, 1.807) is 6.07 Å². The van der Waals surface area contributed by atoms with Crippen LogP contribution in [0.2, 0.25) is 0 Å². The van der Waals surface area contributed by atoms with E-state index in [9.17, 15) is 9.59 Å². The Balaban J connectivity index is 2.22. The molecule has 2 aromatic rings. The molecule has 1 aromatic heterocycles. The molecule has 5 heteroatoms. The summed E-state index contributed by atoms with van der Waals surface area (Å²) in [6.07, 6.45) is 1.47. The summed E-state index contributed by atoms with van der Waals surface area (Å²) in [5.41, 5.74) is 3.40. The molecule has 0 bridgehead atoms. The standard InChI is InChI=1S/C18H21N3O2/c1-11(2)20-18(23)15-10-14(8-9-19-15)17(22)21-16-12(3)6-5-7-13(16)4/h5-11H,1-4H3,(H,20,23)(H,21,22). The molecule has 0 fully saturated rings. The van der Waals surface area contributed by atoms with E-state index >= 15 is 0 Å². The number of carbonyl (C=O) groups excluding carboxylic acids is 2. The Labute approximate surface area is 136 Å². The van der Waals surface area contributed by atoms with Gasteiger partial charge in [-0.15, -0.1) is 0 Å². The lowest BCUT2D eigenvalue weighted by atomic mass is 10.1. The summed E-state index contributed by atoms with van der Waals surface area (Å²) < 4.78 is 0. The molecule has 0 radical (unpaired) electrons. The summed E-state index contributed by atoms with van der Waals surface area (Å²) in [6, 6.07) is 8.93. The third kappa shape index (κ3) is 4.16. The van der Waals surface area contributed by atoms with E-state index in [1.807, 2.05) is 45.9 Å². The predicted molar refractivity (Wildman–Crippen MR) is 90.7 cm³/mol. The van der Waals surface area contributed by atoms with Crippen LogP contribution < -0.4 is 10.6 Å². The molecule has 23 heavy (non-hydrogen) atoms. The largest absolute Gasteiger partial charge is 0.349 e. The van der Waals surface area contributed by atoms with Gasteiger partial charge in [-0.25, -0.2) is 0 Å². The molecule has 5 nitrogen and oxygen atoms in total. The number of amides is 2. The van der Waals surface area contributed by atoms with Gasteiger partial charge in [0, 0.05) is 23.5 Å². The van der Waals surface area contributed by atoms with Gasteiger partial charge in [0.15, 0.2) is 0 Å². The van der Waals surface area contributed by atoms with Gasteiger partial charge in [-0.05, 0) is 51.0 Å². The van der Waals surface area contributed by atoms with E-state index in [0.29, 0.717) is 5.56 Å². The van der Waals surface area contributed by atoms with E-state index in [4.69, 9.17) is 0 Å². The zero-order valence-electron chi connectivity index (χ0n) is 13.8. The first kappa shape index (κ1) is 16.7. The van der Waals surface area contributed by atoms with Gasteiger partial charge in [0.1, 0.15) is 5.69 Å². The van der Waals surface area contributed by atoms with Crippen LogP contribution in [-0.2, 0) is 0 Å². The van der Waals surface area contributed by atoms with Crippen molar-refractivity contribution in [3.05, 3.63) is 58.9 Å². The second-order valence-electron chi connectivity index (χ2n) is 5.78. The second kappa shape index (κ2) is 7.05. The molecule has 0 saturated carbocycles. The molecule has 0 unspecified atom stereocenters. The highest BCUT2D eigenvalue weighted by Gasteiger charge is 2.14. The van der Waals surface area contributed by atoms with Crippen molar-refractivity contribution < 1.29 is 9.59 Å². The van der Waals surface area contributed by atoms with Crippen LogP contribution in [0.1, 0.15) is 45.8 Å².